The van der Waals surface area contributed by atoms with E-state index in [1.165, 1.54) is 0 Å². The van der Waals surface area contributed by atoms with E-state index in [1.807, 2.05) is 12.1 Å². The van der Waals surface area contributed by atoms with Crippen LogP contribution in [0.4, 0.5) is 0 Å². The molecule has 0 aliphatic carbocycles. The second kappa shape index (κ2) is 5.94. The molecule has 102 valence electrons. The summed E-state index contributed by atoms with van der Waals surface area (Å²) in [5.74, 6) is -0.266. The number of nitrogens with two attached hydrogens (primary N) is 1. The zero-order valence-electron chi connectivity index (χ0n) is 10.0. The molecule has 4 N–H and O–H groups in total. The molecule has 1 aromatic carbocycles. The first-order valence-corrected chi connectivity index (χ1v) is 6.72. The topological polar surface area (TPSA) is 102 Å². The van der Waals surface area contributed by atoms with Crippen molar-refractivity contribution in [2.75, 3.05) is 12.4 Å². The molecule has 1 saturated heterocycles. The van der Waals surface area contributed by atoms with E-state index >= 15 is 0 Å². The van der Waals surface area contributed by atoms with Gasteiger partial charge in [-0.05, 0) is 17.7 Å². The minimum atomic E-state index is -0.837. The van der Waals surface area contributed by atoms with Crippen LogP contribution in [0.1, 0.15) is 10.9 Å². The fraction of sp³-hybridized carbons (Fsp3) is 0.333. The van der Waals surface area contributed by atoms with Gasteiger partial charge in [-0.2, -0.15) is 0 Å². The first kappa shape index (κ1) is 13.7. The average Bonchev–Trinajstić information content (AvgIpc) is 2.86. The molecule has 2 atom stereocenters. The van der Waals surface area contributed by atoms with Crippen molar-refractivity contribution in [3.05, 3.63) is 29.8 Å². The first-order valence-electron chi connectivity index (χ1n) is 5.68. The van der Waals surface area contributed by atoms with Gasteiger partial charge in [0.2, 0.25) is 0 Å². The number of primary amides is 1. The van der Waals surface area contributed by atoms with Crippen LogP contribution in [0, 0.1) is 0 Å². The van der Waals surface area contributed by atoms with Crippen molar-refractivity contribution >= 4 is 23.6 Å². The van der Waals surface area contributed by atoms with Crippen molar-refractivity contribution in [1.82, 2.24) is 5.32 Å². The van der Waals surface area contributed by atoms with Crippen molar-refractivity contribution < 1.29 is 19.4 Å². The summed E-state index contributed by atoms with van der Waals surface area (Å²) in [5.41, 5.74) is 5.95. The molecule has 1 heterocycles. The maximum atomic E-state index is 10.8. The Morgan fingerprint density at radius 3 is 2.63 bits per heavy atom. The fourth-order valence-corrected chi connectivity index (χ4v) is 2.93. The lowest BCUT2D eigenvalue weighted by molar-refractivity contribution is -0.138. The lowest BCUT2D eigenvalue weighted by Crippen LogP contribution is -2.33. The second-order valence-electron chi connectivity index (χ2n) is 4.09. The standard InChI is InChI=1S/C12H14N2O4S/c13-10(15)5-18-8-3-1-7(2-4-8)11-14-9(6-19-11)12(16)17/h1-4,9,11,14H,5-6H2,(H2,13,15)(H,16,17)/t9-,11?/m1/s1. The van der Waals surface area contributed by atoms with Crippen LogP contribution in [-0.2, 0) is 9.59 Å². The number of carboxylic acid groups (broad SMARTS) is 1. The average molecular weight is 282 g/mol. The van der Waals surface area contributed by atoms with Crippen LogP contribution in [0.3, 0.4) is 0 Å². The summed E-state index contributed by atoms with van der Waals surface area (Å²) >= 11 is 1.55. The highest BCUT2D eigenvalue weighted by atomic mass is 32.2. The van der Waals surface area contributed by atoms with E-state index in [2.05, 4.69) is 5.32 Å². The van der Waals surface area contributed by atoms with Gasteiger partial charge in [0.15, 0.2) is 6.61 Å². The largest absolute Gasteiger partial charge is 0.484 e. The lowest BCUT2D eigenvalue weighted by atomic mass is 10.2. The number of aliphatic carboxylic acids is 1. The van der Waals surface area contributed by atoms with E-state index in [9.17, 15) is 9.59 Å². The number of rotatable bonds is 5. The van der Waals surface area contributed by atoms with Gasteiger partial charge in [0.1, 0.15) is 11.8 Å². The smallest absolute Gasteiger partial charge is 0.321 e. The van der Waals surface area contributed by atoms with Crippen LogP contribution in [0.25, 0.3) is 0 Å². The molecule has 0 aromatic heterocycles. The summed E-state index contributed by atoms with van der Waals surface area (Å²) in [5, 5.41) is 11.9. The van der Waals surface area contributed by atoms with E-state index < -0.39 is 17.9 Å². The highest BCUT2D eigenvalue weighted by Gasteiger charge is 2.30. The minimum absolute atomic E-state index is 0.0358. The van der Waals surface area contributed by atoms with Crippen LogP contribution < -0.4 is 15.8 Å². The van der Waals surface area contributed by atoms with Crippen LogP contribution in [0.2, 0.25) is 0 Å². The zero-order valence-corrected chi connectivity index (χ0v) is 10.9. The molecule has 1 fully saturated rings. The minimum Gasteiger partial charge on any atom is -0.484 e. The van der Waals surface area contributed by atoms with Gasteiger partial charge in [0, 0.05) is 5.75 Å². The molecule has 2 rings (SSSR count). The Hall–Kier alpha value is -1.73. The van der Waals surface area contributed by atoms with Crippen molar-refractivity contribution in [1.29, 1.82) is 0 Å². The monoisotopic (exact) mass is 282 g/mol. The van der Waals surface area contributed by atoms with E-state index in [0.29, 0.717) is 11.5 Å². The van der Waals surface area contributed by atoms with Crippen molar-refractivity contribution in [3.63, 3.8) is 0 Å². The summed E-state index contributed by atoms with van der Waals surface area (Å²) in [6.45, 7) is -0.156. The number of benzene rings is 1. The van der Waals surface area contributed by atoms with Crippen molar-refractivity contribution in [2.45, 2.75) is 11.4 Å². The van der Waals surface area contributed by atoms with Gasteiger partial charge < -0.3 is 15.6 Å². The van der Waals surface area contributed by atoms with Gasteiger partial charge in [0.05, 0.1) is 5.37 Å². The number of hydrogen-bond donors (Lipinski definition) is 3. The van der Waals surface area contributed by atoms with Gasteiger partial charge in [-0.25, -0.2) is 0 Å². The normalized spacial score (nSPS) is 22.1. The number of carbonyl (C=O) groups excluding carboxylic acids is 1. The number of amides is 1. The summed E-state index contributed by atoms with van der Waals surface area (Å²) in [7, 11) is 0. The molecule has 1 aliphatic rings. The summed E-state index contributed by atoms with van der Waals surface area (Å²) in [4.78, 5) is 21.4. The molecule has 6 nitrogen and oxygen atoms in total. The van der Waals surface area contributed by atoms with Crippen LogP contribution in [0.15, 0.2) is 24.3 Å². The Bertz CT molecular complexity index is 477. The van der Waals surface area contributed by atoms with E-state index in [4.69, 9.17) is 15.6 Å². The number of nitrogens with one attached hydrogen (secondary N) is 1. The number of carbonyl (C=O) groups is 2. The maximum Gasteiger partial charge on any atom is 0.321 e. The lowest BCUT2D eigenvalue weighted by Gasteiger charge is -2.12. The SMILES string of the molecule is NC(=O)COc1ccc(C2N[C@@H](C(=O)O)CS2)cc1. The molecule has 0 saturated carbocycles. The first-order chi connectivity index (χ1) is 9.06. The van der Waals surface area contributed by atoms with Gasteiger partial charge in [0.25, 0.3) is 5.91 Å². The molecule has 0 bridgehead atoms. The Morgan fingerprint density at radius 2 is 2.11 bits per heavy atom. The molecule has 7 heteroatoms. The van der Waals surface area contributed by atoms with E-state index in [1.54, 1.807) is 23.9 Å². The number of thioether (sulfide) groups is 1. The Morgan fingerprint density at radius 1 is 1.42 bits per heavy atom. The highest BCUT2D eigenvalue weighted by Crippen LogP contribution is 2.33. The third-order valence-corrected chi connectivity index (χ3v) is 3.91. The van der Waals surface area contributed by atoms with Gasteiger partial charge >= 0.3 is 5.97 Å². The zero-order chi connectivity index (χ0) is 13.8. The predicted octanol–water partition coefficient (Wildman–Crippen LogP) is 0.339. The highest BCUT2D eigenvalue weighted by molar-refractivity contribution is 7.99. The molecule has 19 heavy (non-hydrogen) atoms. The van der Waals surface area contributed by atoms with Crippen LogP contribution in [-0.4, -0.2) is 35.4 Å². The second-order valence-corrected chi connectivity index (χ2v) is 5.23. The van der Waals surface area contributed by atoms with Crippen molar-refractivity contribution in [2.24, 2.45) is 5.73 Å². The Balaban J connectivity index is 1.95. The van der Waals surface area contributed by atoms with Gasteiger partial charge in [-0.15, -0.1) is 11.8 Å². The Labute approximate surface area is 114 Å². The van der Waals surface area contributed by atoms with Crippen LogP contribution in [0.5, 0.6) is 5.75 Å². The molecular weight excluding hydrogens is 268 g/mol. The van der Waals surface area contributed by atoms with E-state index in [-0.39, 0.29) is 12.0 Å². The summed E-state index contributed by atoms with van der Waals surface area (Å²) in [6, 6.07) is 6.63. The molecule has 1 aromatic rings. The van der Waals surface area contributed by atoms with E-state index in [0.717, 1.165) is 5.56 Å². The molecule has 1 amide bonds. The van der Waals surface area contributed by atoms with Gasteiger partial charge in [-0.1, -0.05) is 12.1 Å². The molecule has 0 radical (unpaired) electrons. The molecular formula is C12H14N2O4S. The maximum absolute atomic E-state index is 10.8. The molecule has 0 spiro atoms. The van der Waals surface area contributed by atoms with Crippen LogP contribution >= 0.6 is 11.8 Å². The number of ether oxygens (including phenoxy) is 1. The quantitative estimate of drug-likeness (QED) is 0.720. The molecule has 1 unspecified atom stereocenters. The molecule has 1 aliphatic heterocycles. The fourth-order valence-electron chi connectivity index (χ4n) is 1.70. The number of carboxylic acids is 1. The summed E-state index contributed by atoms with van der Waals surface area (Å²) in [6.07, 6.45) is 0. The third-order valence-electron chi connectivity index (χ3n) is 2.64. The predicted molar refractivity (Wildman–Crippen MR) is 70.9 cm³/mol. The number of hydrogen-bond acceptors (Lipinski definition) is 5. The van der Waals surface area contributed by atoms with Gasteiger partial charge in [-0.3, -0.25) is 14.9 Å². The third kappa shape index (κ3) is 3.62. The van der Waals surface area contributed by atoms with Crippen molar-refractivity contribution in [3.8, 4) is 5.75 Å². The Kier molecular flexibility index (Phi) is 4.28. The summed E-state index contributed by atoms with van der Waals surface area (Å²) < 4.78 is 5.15.